The molecule has 21 heavy (non-hydrogen) atoms. The summed E-state index contributed by atoms with van der Waals surface area (Å²) in [5.74, 6) is -0.768. The van der Waals surface area contributed by atoms with Crippen molar-refractivity contribution in [3.05, 3.63) is 35.6 Å². The number of carbonyl (C=O) groups excluding carboxylic acids is 3. The Kier molecular flexibility index (Phi) is 4.33. The van der Waals surface area contributed by atoms with Crippen molar-refractivity contribution in [3.8, 4) is 12.3 Å². The first kappa shape index (κ1) is 14.7. The van der Waals surface area contributed by atoms with Crippen LogP contribution in [0.25, 0.3) is 0 Å². The molecule has 1 aromatic rings. The van der Waals surface area contributed by atoms with Crippen LogP contribution in [-0.2, 0) is 9.59 Å². The van der Waals surface area contributed by atoms with E-state index in [0.29, 0.717) is 12.8 Å². The molecule has 1 aliphatic rings. The third kappa shape index (κ3) is 3.08. The Bertz CT molecular complexity index is 636. The number of barbiturate groups is 1. The molecule has 6 heteroatoms. The van der Waals surface area contributed by atoms with Gasteiger partial charge in [0, 0.05) is 13.0 Å². The van der Waals surface area contributed by atoms with E-state index in [1.165, 1.54) is 18.2 Å². The summed E-state index contributed by atoms with van der Waals surface area (Å²) >= 11 is 0. The topological polar surface area (TPSA) is 66.5 Å². The highest BCUT2D eigenvalue weighted by Gasteiger charge is 2.41. The lowest BCUT2D eigenvalue weighted by Crippen LogP contribution is -2.57. The van der Waals surface area contributed by atoms with Crippen LogP contribution in [0.5, 0.6) is 0 Å². The van der Waals surface area contributed by atoms with Gasteiger partial charge in [-0.2, -0.15) is 0 Å². The van der Waals surface area contributed by atoms with Gasteiger partial charge in [0.2, 0.25) is 11.8 Å². The number of amides is 4. The minimum absolute atomic E-state index is 0.119. The summed E-state index contributed by atoms with van der Waals surface area (Å²) in [4.78, 5) is 36.8. The number of imide groups is 2. The Morgan fingerprint density at radius 2 is 2.10 bits per heavy atom. The SMILES string of the molecule is C#CCCCN1C(=O)NC(=O)C(c2cccc(F)c2)C1=O. The van der Waals surface area contributed by atoms with Gasteiger partial charge in [0.1, 0.15) is 11.7 Å². The maximum Gasteiger partial charge on any atom is 0.330 e. The Morgan fingerprint density at radius 1 is 1.33 bits per heavy atom. The molecule has 0 bridgehead atoms. The van der Waals surface area contributed by atoms with Crippen LogP contribution in [0, 0.1) is 18.2 Å². The highest BCUT2D eigenvalue weighted by atomic mass is 19.1. The summed E-state index contributed by atoms with van der Waals surface area (Å²) in [6, 6.07) is 4.43. The van der Waals surface area contributed by atoms with Crippen LogP contribution in [-0.4, -0.2) is 29.3 Å². The van der Waals surface area contributed by atoms with E-state index in [-0.39, 0.29) is 12.1 Å². The monoisotopic (exact) mass is 288 g/mol. The standard InChI is InChI=1S/C15H13FN2O3/c1-2-3-4-8-18-14(20)12(13(19)17-15(18)21)10-6-5-7-11(16)9-10/h1,5-7,9,12H,3-4,8H2,(H,17,19,21). The van der Waals surface area contributed by atoms with E-state index in [9.17, 15) is 18.8 Å². The average molecular weight is 288 g/mol. The van der Waals surface area contributed by atoms with E-state index in [1.54, 1.807) is 0 Å². The molecule has 0 aromatic heterocycles. The Balaban J connectivity index is 2.25. The van der Waals surface area contributed by atoms with Gasteiger partial charge in [-0.15, -0.1) is 12.3 Å². The van der Waals surface area contributed by atoms with E-state index < -0.39 is 29.6 Å². The smallest absolute Gasteiger partial charge is 0.277 e. The molecule has 1 N–H and O–H groups in total. The molecule has 1 unspecified atom stereocenters. The second-order valence-corrected chi connectivity index (χ2v) is 4.58. The molecule has 1 fully saturated rings. The number of urea groups is 1. The van der Waals surface area contributed by atoms with Crippen LogP contribution in [0.4, 0.5) is 9.18 Å². The number of rotatable bonds is 4. The predicted octanol–water partition coefficient (Wildman–Crippen LogP) is 1.40. The van der Waals surface area contributed by atoms with Crippen molar-refractivity contribution in [1.82, 2.24) is 10.2 Å². The quantitative estimate of drug-likeness (QED) is 0.517. The lowest BCUT2D eigenvalue weighted by atomic mass is 9.95. The number of nitrogens with one attached hydrogen (secondary N) is 1. The fraction of sp³-hybridized carbons (Fsp3) is 0.267. The zero-order chi connectivity index (χ0) is 15.4. The summed E-state index contributed by atoms with van der Waals surface area (Å²) < 4.78 is 13.3. The Labute approximate surface area is 121 Å². The molecule has 2 rings (SSSR count). The number of halogens is 1. The molecule has 0 aliphatic carbocycles. The van der Waals surface area contributed by atoms with Gasteiger partial charge < -0.3 is 0 Å². The molecular weight excluding hydrogens is 275 g/mol. The van der Waals surface area contributed by atoms with Gasteiger partial charge in [0.15, 0.2) is 0 Å². The third-order valence-corrected chi connectivity index (χ3v) is 3.14. The zero-order valence-corrected chi connectivity index (χ0v) is 11.1. The summed E-state index contributed by atoms with van der Waals surface area (Å²) in [5, 5.41) is 2.11. The van der Waals surface area contributed by atoms with E-state index in [1.807, 2.05) is 0 Å². The van der Waals surface area contributed by atoms with Gasteiger partial charge in [-0.25, -0.2) is 9.18 Å². The van der Waals surface area contributed by atoms with Gasteiger partial charge in [0.05, 0.1) is 0 Å². The van der Waals surface area contributed by atoms with Gasteiger partial charge in [0.25, 0.3) is 0 Å². The number of benzene rings is 1. The summed E-state index contributed by atoms with van der Waals surface area (Å²) in [6.07, 6.45) is 5.98. The van der Waals surface area contributed by atoms with Crippen LogP contribution in [0.3, 0.4) is 0 Å². The van der Waals surface area contributed by atoms with Gasteiger partial charge in [-0.3, -0.25) is 19.8 Å². The molecule has 108 valence electrons. The van der Waals surface area contributed by atoms with E-state index >= 15 is 0 Å². The lowest BCUT2D eigenvalue weighted by Gasteiger charge is -2.30. The maximum absolute atomic E-state index is 13.3. The van der Waals surface area contributed by atoms with Crippen molar-refractivity contribution in [2.45, 2.75) is 18.8 Å². The first-order chi connectivity index (χ1) is 10.0. The van der Waals surface area contributed by atoms with Gasteiger partial charge in [-0.05, 0) is 24.1 Å². The lowest BCUT2D eigenvalue weighted by molar-refractivity contribution is -0.138. The second kappa shape index (κ2) is 6.18. The van der Waals surface area contributed by atoms with Crippen molar-refractivity contribution in [2.75, 3.05) is 6.54 Å². The molecular formula is C15H13FN2O3. The fourth-order valence-electron chi connectivity index (χ4n) is 2.14. The van der Waals surface area contributed by atoms with E-state index in [4.69, 9.17) is 6.42 Å². The number of hydrogen-bond acceptors (Lipinski definition) is 3. The fourth-order valence-corrected chi connectivity index (χ4v) is 2.14. The number of carbonyl (C=O) groups is 3. The van der Waals surface area contributed by atoms with Crippen LogP contribution >= 0.6 is 0 Å². The summed E-state index contributed by atoms with van der Waals surface area (Å²) in [5.41, 5.74) is 0.215. The van der Waals surface area contributed by atoms with Gasteiger partial charge >= 0.3 is 6.03 Å². The van der Waals surface area contributed by atoms with E-state index in [0.717, 1.165) is 11.0 Å². The number of nitrogens with zero attached hydrogens (tertiary/aromatic N) is 1. The van der Waals surface area contributed by atoms with Crippen molar-refractivity contribution >= 4 is 17.8 Å². The maximum atomic E-state index is 13.3. The molecule has 0 saturated carbocycles. The molecule has 5 nitrogen and oxygen atoms in total. The normalized spacial score (nSPS) is 18.4. The average Bonchev–Trinajstić information content (AvgIpc) is 2.42. The number of terminal acetylenes is 1. The molecule has 4 amide bonds. The zero-order valence-electron chi connectivity index (χ0n) is 11.1. The molecule has 1 aliphatic heterocycles. The van der Waals surface area contributed by atoms with Crippen LogP contribution in [0.15, 0.2) is 24.3 Å². The first-order valence-electron chi connectivity index (χ1n) is 6.39. The molecule has 1 saturated heterocycles. The summed E-state index contributed by atoms with van der Waals surface area (Å²) in [6.45, 7) is 0.119. The molecule has 1 heterocycles. The molecule has 1 aromatic carbocycles. The molecule has 1 atom stereocenters. The number of unbranched alkanes of at least 4 members (excludes halogenated alkanes) is 1. The number of hydrogen-bond donors (Lipinski definition) is 1. The van der Waals surface area contributed by atoms with Crippen molar-refractivity contribution in [3.63, 3.8) is 0 Å². The van der Waals surface area contributed by atoms with Crippen molar-refractivity contribution < 1.29 is 18.8 Å². The largest absolute Gasteiger partial charge is 0.330 e. The van der Waals surface area contributed by atoms with Crippen molar-refractivity contribution in [2.24, 2.45) is 0 Å². The van der Waals surface area contributed by atoms with Crippen LogP contribution < -0.4 is 5.32 Å². The van der Waals surface area contributed by atoms with Crippen LogP contribution in [0.1, 0.15) is 24.3 Å². The Hall–Kier alpha value is -2.68. The Morgan fingerprint density at radius 3 is 2.76 bits per heavy atom. The minimum Gasteiger partial charge on any atom is -0.277 e. The third-order valence-electron chi connectivity index (χ3n) is 3.14. The minimum atomic E-state index is -1.22. The predicted molar refractivity (Wildman–Crippen MR) is 72.5 cm³/mol. The highest BCUT2D eigenvalue weighted by Crippen LogP contribution is 2.23. The van der Waals surface area contributed by atoms with Gasteiger partial charge in [-0.1, -0.05) is 12.1 Å². The highest BCUT2D eigenvalue weighted by molar-refractivity contribution is 6.19. The first-order valence-corrected chi connectivity index (χ1v) is 6.39. The van der Waals surface area contributed by atoms with E-state index in [2.05, 4.69) is 11.2 Å². The van der Waals surface area contributed by atoms with Crippen molar-refractivity contribution in [1.29, 1.82) is 0 Å². The second-order valence-electron chi connectivity index (χ2n) is 4.58. The summed E-state index contributed by atoms with van der Waals surface area (Å²) in [7, 11) is 0. The van der Waals surface area contributed by atoms with Crippen LogP contribution in [0.2, 0.25) is 0 Å². The molecule has 0 radical (unpaired) electrons. The molecule has 0 spiro atoms.